The SMILES string of the molecule is COc1cccc2oc(-c3nc4ccccc4c(=O)n3N=Cc3ccc(O[C@H](C)C(=O)O)c(Cl)c3)cc12. The van der Waals surface area contributed by atoms with Gasteiger partial charge in [-0.15, -0.1) is 0 Å². The molecule has 3 aromatic carbocycles. The number of ether oxygens (including phenoxy) is 2. The van der Waals surface area contributed by atoms with E-state index in [1.165, 1.54) is 19.2 Å². The van der Waals surface area contributed by atoms with E-state index in [9.17, 15) is 9.59 Å². The Bertz CT molecular complexity index is 1740. The number of aliphatic carboxylic acids is 1. The molecule has 0 radical (unpaired) electrons. The molecule has 1 atom stereocenters. The van der Waals surface area contributed by atoms with Crippen molar-refractivity contribution < 1.29 is 23.8 Å². The minimum Gasteiger partial charge on any atom is -0.496 e. The van der Waals surface area contributed by atoms with Crippen molar-refractivity contribution in [1.29, 1.82) is 0 Å². The molecule has 0 unspecified atom stereocenters. The maximum atomic E-state index is 13.4. The first kappa shape index (κ1) is 24.1. The lowest BCUT2D eigenvalue weighted by Crippen LogP contribution is -2.23. The second-order valence-electron chi connectivity index (χ2n) is 8.08. The molecule has 37 heavy (non-hydrogen) atoms. The van der Waals surface area contributed by atoms with E-state index in [1.54, 1.807) is 55.6 Å². The van der Waals surface area contributed by atoms with Gasteiger partial charge in [0.15, 0.2) is 11.9 Å². The Morgan fingerprint density at radius 1 is 1.11 bits per heavy atom. The summed E-state index contributed by atoms with van der Waals surface area (Å²) < 4.78 is 18.0. The van der Waals surface area contributed by atoms with Crippen LogP contribution >= 0.6 is 11.6 Å². The zero-order valence-electron chi connectivity index (χ0n) is 19.7. The van der Waals surface area contributed by atoms with Crippen LogP contribution in [-0.2, 0) is 4.79 Å². The summed E-state index contributed by atoms with van der Waals surface area (Å²) in [5.74, 6) is 0.277. The number of methoxy groups -OCH3 is 1. The van der Waals surface area contributed by atoms with Gasteiger partial charge in [0.25, 0.3) is 5.56 Å². The van der Waals surface area contributed by atoms with Crippen LogP contribution < -0.4 is 15.0 Å². The summed E-state index contributed by atoms with van der Waals surface area (Å²) in [5, 5.41) is 14.8. The number of carbonyl (C=O) groups is 1. The highest BCUT2D eigenvalue weighted by molar-refractivity contribution is 6.32. The number of fused-ring (bicyclic) bond motifs is 2. The standard InChI is InChI=1S/C27H20ClN3O6/c1-15(27(33)34)36-23-11-10-16(12-19(23)28)14-29-31-25(30-20-7-4-3-6-17(20)26(31)32)24-13-18-21(35-2)8-5-9-22(18)37-24/h3-15H,1-2H3,(H,33,34)/t15-/m1/s1. The summed E-state index contributed by atoms with van der Waals surface area (Å²) >= 11 is 6.28. The van der Waals surface area contributed by atoms with Gasteiger partial charge in [-0.25, -0.2) is 9.78 Å². The first-order chi connectivity index (χ1) is 17.9. The number of benzene rings is 3. The zero-order valence-corrected chi connectivity index (χ0v) is 20.5. The number of hydrogen-bond acceptors (Lipinski definition) is 7. The minimum absolute atomic E-state index is 0.200. The molecule has 0 aliphatic rings. The van der Waals surface area contributed by atoms with Gasteiger partial charge in [-0.05, 0) is 61.0 Å². The van der Waals surface area contributed by atoms with E-state index in [4.69, 9.17) is 30.6 Å². The van der Waals surface area contributed by atoms with Crippen molar-refractivity contribution in [3.8, 4) is 23.1 Å². The van der Waals surface area contributed by atoms with Gasteiger partial charge in [0.05, 0.1) is 34.6 Å². The lowest BCUT2D eigenvalue weighted by atomic mass is 10.2. The van der Waals surface area contributed by atoms with Crippen LogP contribution in [0.25, 0.3) is 33.5 Å². The number of para-hydroxylation sites is 1. The highest BCUT2D eigenvalue weighted by Gasteiger charge is 2.18. The molecule has 1 N–H and O–H groups in total. The van der Waals surface area contributed by atoms with Crippen molar-refractivity contribution in [2.45, 2.75) is 13.0 Å². The Hall–Kier alpha value is -4.63. The molecule has 5 aromatic rings. The Kier molecular flexibility index (Phi) is 6.37. The van der Waals surface area contributed by atoms with E-state index in [-0.39, 0.29) is 22.2 Å². The third-order valence-corrected chi connectivity index (χ3v) is 5.94. The molecular formula is C27H20ClN3O6. The predicted molar refractivity (Wildman–Crippen MR) is 140 cm³/mol. The minimum atomic E-state index is -1.11. The molecule has 0 aliphatic heterocycles. The van der Waals surface area contributed by atoms with E-state index in [2.05, 4.69) is 10.1 Å². The second kappa shape index (κ2) is 9.79. The summed E-state index contributed by atoms with van der Waals surface area (Å²) in [6, 6.07) is 18.9. The van der Waals surface area contributed by atoms with Crippen LogP contribution in [-0.4, -0.2) is 40.2 Å². The van der Waals surface area contributed by atoms with Crippen LogP contribution in [0.3, 0.4) is 0 Å². The van der Waals surface area contributed by atoms with Gasteiger partial charge in [-0.1, -0.05) is 29.8 Å². The van der Waals surface area contributed by atoms with E-state index in [1.807, 2.05) is 12.1 Å². The Labute approximate surface area is 215 Å². The van der Waals surface area contributed by atoms with E-state index < -0.39 is 12.1 Å². The number of halogens is 1. The van der Waals surface area contributed by atoms with Gasteiger partial charge >= 0.3 is 5.97 Å². The topological polar surface area (TPSA) is 116 Å². The van der Waals surface area contributed by atoms with Gasteiger partial charge < -0.3 is 19.0 Å². The number of carboxylic acids is 1. The Morgan fingerprint density at radius 3 is 2.68 bits per heavy atom. The zero-order chi connectivity index (χ0) is 26.1. The monoisotopic (exact) mass is 517 g/mol. The summed E-state index contributed by atoms with van der Waals surface area (Å²) in [5.41, 5.74) is 1.24. The average molecular weight is 518 g/mol. The van der Waals surface area contributed by atoms with Crippen molar-refractivity contribution in [2.75, 3.05) is 7.11 Å². The second-order valence-corrected chi connectivity index (χ2v) is 8.49. The van der Waals surface area contributed by atoms with E-state index in [0.717, 1.165) is 10.1 Å². The summed E-state index contributed by atoms with van der Waals surface area (Å²) in [4.78, 5) is 29.2. The van der Waals surface area contributed by atoms with Crippen molar-refractivity contribution >= 4 is 45.7 Å². The van der Waals surface area contributed by atoms with Gasteiger partial charge in [0, 0.05) is 0 Å². The molecule has 5 rings (SSSR count). The van der Waals surface area contributed by atoms with Gasteiger partial charge in [0.1, 0.15) is 17.1 Å². The fourth-order valence-corrected chi connectivity index (χ4v) is 4.00. The quantitative estimate of drug-likeness (QED) is 0.295. The molecular weight excluding hydrogens is 498 g/mol. The lowest BCUT2D eigenvalue weighted by Gasteiger charge is -2.12. The van der Waals surface area contributed by atoms with Crippen LogP contribution in [0.4, 0.5) is 0 Å². The maximum Gasteiger partial charge on any atom is 0.344 e. The smallest absolute Gasteiger partial charge is 0.344 e. The highest BCUT2D eigenvalue weighted by atomic mass is 35.5. The molecule has 0 spiro atoms. The molecule has 0 saturated heterocycles. The largest absolute Gasteiger partial charge is 0.496 e. The maximum absolute atomic E-state index is 13.4. The number of carboxylic acid groups (broad SMARTS) is 1. The molecule has 2 aromatic heterocycles. The van der Waals surface area contributed by atoms with Crippen molar-refractivity contribution in [3.05, 3.63) is 87.7 Å². The third kappa shape index (κ3) is 4.64. The predicted octanol–water partition coefficient (Wildman–Crippen LogP) is 5.21. The van der Waals surface area contributed by atoms with Gasteiger partial charge in [-0.3, -0.25) is 4.79 Å². The molecule has 10 heteroatoms. The fraction of sp³-hybridized carbons (Fsp3) is 0.111. The normalized spacial score (nSPS) is 12.3. The fourth-order valence-electron chi connectivity index (χ4n) is 3.77. The van der Waals surface area contributed by atoms with Crippen molar-refractivity contribution in [2.24, 2.45) is 5.10 Å². The van der Waals surface area contributed by atoms with Crippen LogP contribution in [0.15, 0.2) is 81.0 Å². The number of hydrogen-bond donors (Lipinski definition) is 1. The van der Waals surface area contributed by atoms with Crippen LogP contribution in [0.2, 0.25) is 5.02 Å². The van der Waals surface area contributed by atoms with Crippen LogP contribution in [0, 0.1) is 0 Å². The van der Waals surface area contributed by atoms with Crippen LogP contribution in [0.1, 0.15) is 12.5 Å². The molecule has 186 valence electrons. The highest BCUT2D eigenvalue weighted by Crippen LogP contribution is 2.33. The van der Waals surface area contributed by atoms with Gasteiger partial charge in [0.2, 0.25) is 5.82 Å². The Balaban J connectivity index is 1.60. The van der Waals surface area contributed by atoms with Crippen LogP contribution in [0.5, 0.6) is 11.5 Å². The molecule has 0 aliphatic carbocycles. The Morgan fingerprint density at radius 2 is 1.92 bits per heavy atom. The van der Waals surface area contributed by atoms with Crippen molar-refractivity contribution in [1.82, 2.24) is 9.66 Å². The number of aromatic nitrogens is 2. The molecule has 0 saturated carbocycles. The summed E-state index contributed by atoms with van der Waals surface area (Å²) in [6.45, 7) is 1.41. The first-order valence-electron chi connectivity index (χ1n) is 11.2. The lowest BCUT2D eigenvalue weighted by molar-refractivity contribution is -0.144. The van der Waals surface area contributed by atoms with E-state index in [0.29, 0.717) is 33.6 Å². The molecule has 2 heterocycles. The van der Waals surface area contributed by atoms with E-state index >= 15 is 0 Å². The number of rotatable bonds is 7. The first-order valence-corrected chi connectivity index (χ1v) is 11.6. The summed E-state index contributed by atoms with van der Waals surface area (Å²) in [7, 11) is 1.57. The molecule has 9 nitrogen and oxygen atoms in total. The molecule has 0 amide bonds. The molecule has 0 bridgehead atoms. The number of nitrogens with zero attached hydrogens (tertiary/aromatic N) is 3. The average Bonchev–Trinajstić information content (AvgIpc) is 3.34. The molecule has 0 fully saturated rings. The van der Waals surface area contributed by atoms with Gasteiger partial charge in [-0.2, -0.15) is 9.78 Å². The van der Waals surface area contributed by atoms with Crippen molar-refractivity contribution in [3.63, 3.8) is 0 Å². The number of furan rings is 1. The third-order valence-electron chi connectivity index (χ3n) is 5.65. The summed E-state index contributed by atoms with van der Waals surface area (Å²) in [6.07, 6.45) is 0.380.